The lowest BCUT2D eigenvalue weighted by molar-refractivity contribution is 0.0518. The molecule has 0 atom stereocenters. The second-order valence-corrected chi connectivity index (χ2v) is 4.52. The van der Waals surface area contributed by atoms with Crippen molar-refractivity contribution in [3.05, 3.63) is 30.0 Å². The van der Waals surface area contributed by atoms with Crippen LogP contribution in [0, 0.1) is 0 Å². The Labute approximate surface area is 122 Å². The third-order valence-electron chi connectivity index (χ3n) is 3.23. The number of hydrogen-bond donors (Lipinski definition) is 0. The second-order valence-electron chi connectivity index (χ2n) is 4.52. The van der Waals surface area contributed by atoms with Gasteiger partial charge in [0.25, 0.3) is 0 Å². The highest BCUT2D eigenvalue weighted by Gasteiger charge is 2.19. The van der Waals surface area contributed by atoms with E-state index in [2.05, 4.69) is 5.10 Å². The van der Waals surface area contributed by atoms with E-state index in [1.165, 1.54) is 0 Å². The van der Waals surface area contributed by atoms with Gasteiger partial charge in [0, 0.05) is 12.1 Å². The fourth-order valence-corrected chi connectivity index (χ4v) is 2.25. The van der Waals surface area contributed by atoms with Gasteiger partial charge in [-0.25, -0.2) is 4.79 Å². The quantitative estimate of drug-likeness (QED) is 0.809. The first-order chi connectivity index (χ1) is 10.2. The van der Waals surface area contributed by atoms with E-state index in [4.69, 9.17) is 14.2 Å². The van der Waals surface area contributed by atoms with Gasteiger partial charge in [0.1, 0.15) is 0 Å². The largest absolute Gasteiger partial charge is 0.461 e. The number of aryl methyl sites for hydroxylation is 1. The highest BCUT2D eigenvalue weighted by Crippen LogP contribution is 2.36. The summed E-state index contributed by atoms with van der Waals surface area (Å²) in [5.41, 5.74) is 2.08. The summed E-state index contributed by atoms with van der Waals surface area (Å²) in [4.78, 5) is 11.8. The first kappa shape index (κ1) is 13.5. The molecule has 2 heterocycles. The lowest BCUT2D eigenvalue weighted by Gasteiger charge is -2.05. The minimum atomic E-state index is -0.410. The summed E-state index contributed by atoms with van der Waals surface area (Å²) >= 11 is 0. The van der Waals surface area contributed by atoms with Gasteiger partial charge in [-0.3, -0.25) is 4.68 Å². The van der Waals surface area contributed by atoms with E-state index >= 15 is 0 Å². The Morgan fingerprint density at radius 2 is 2.10 bits per heavy atom. The molecule has 1 aromatic carbocycles. The first-order valence-corrected chi connectivity index (χ1v) is 6.88. The van der Waals surface area contributed by atoms with Crippen LogP contribution in [0.15, 0.2) is 24.3 Å². The van der Waals surface area contributed by atoms with Crippen LogP contribution in [-0.2, 0) is 11.3 Å². The summed E-state index contributed by atoms with van der Waals surface area (Å²) in [6.45, 7) is 4.96. The molecule has 0 spiro atoms. The molecule has 110 valence electrons. The van der Waals surface area contributed by atoms with Gasteiger partial charge in [0.05, 0.1) is 12.3 Å². The Morgan fingerprint density at radius 3 is 2.86 bits per heavy atom. The Balaban J connectivity index is 1.99. The van der Waals surface area contributed by atoms with E-state index in [-0.39, 0.29) is 6.79 Å². The topological polar surface area (TPSA) is 62.6 Å². The maximum atomic E-state index is 11.8. The lowest BCUT2D eigenvalue weighted by Crippen LogP contribution is -2.07. The van der Waals surface area contributed by atoms with Gasteiger partial charge in [-0.1, -0.05) is 0 Å². The first-order valence-electron chi connectivity index (χ1n) is 6.88. The van der Waals surface area contributed by atoms with Crippen LogP contribution >= 0.6 is 0 Å². The monoisotopic (exact) mass is 288 g/mol. The number of fused-ring (bicyclic) bond motifs is 1. The number of carbonyl (C=O) groups excluding carboxylic acids is 1. The van der Waals surface area contributed by atoms with Crippen LogP contribution in [0.25, 0.3) is 11.3 Å². The van der Waals surface area contributed by atoms with Crippen LogP contribution < -0.4 is 9.47 Å². The van der Waals surface area contributed by atoms with Crippen molar-refractivity contribution in [1.29, 1.82) is 0 Å². The standard InChI is InChI=1S/C15H16N2O4/c1-3-17-12(8-11(16-17)15(18)19-4-2)10-5-6-13-14(7-10)21-9-20-13/h5-8H,3-4,9H2,1-2H3. The average Bonchev–Trinajstić information content (AvgIpc) is 3.13. The highest BCUT2D eigenvalue weighted by atomic mass is 16.7. The van der Waals surface area contributed by atoms with Gasteiger partial charge in [-0.05, 0) is 38.1 Å². The van der Waals surface area contributed by atoms with Crippen molar-refractivity contribution >= 4 is 5.97 Å². The highest BCUT2D eigenvalue weighted by molar-refractivity contribution is 5.88. The van der Waals surface area contributed by atoms with Crippen LogP contribution in [0.5, 0.6) is 11.5 Å². The van der Waals surface area contributed by atoms with E-state index in [1.54, 1.807) is 17.7 Å². The summed E-state index contributed by atoms with van der Waals surface area (Å²) < 4.78 is 17.4. The third-order valence-corrected chi connectivity index (χ3v) is 3.23. The molecular weight excluding hydrogens is 272 g/mol. The van der Waals surface area contributed by atoms with Crippen LogP contribution in [0.2, 0.25) is 0 Å². The molecule has 1 aromatic heterocycles. The number of aromatic nitrogens is 2. The van der Waals surface area contributed by atoms with Gasteiger partial charge in [-0.2, -0.15) is 5.10 Å². The SMILES string of the molecule is CCOC(=O)c1cc(-c2ccc3c(c2)OCO3)n(CC)n1. The zero-order chi connectivity index (χ0) is 14.8. The molecule has 2 aromatic rings. The third kappa shape index (κ3) is 2.44. The molecule has 0 fully saturated rings. The van der Waals surface area contributed by atoms with Crippen molar-refractivity contribution in [3.63, 3.8) is 0 Å². The summed E-state index contributed by atoms with van der Waals surface area (Å²) in [5, 5.41) is 4.29. The summed E-state index contributed by atoms with van der Waals surface area (Å²) in [6.07, 6.45) is 0. The molecule has 1 aliphatic rings. The predicted molar refractivity (Wildman–Crippen MR) is 75.4 cm³/mol. The number of esters is 1. The van der Waals surface area contributed by atoms with Crippen molar-refractivity contribution in [2.75, 3.05) is 13.4 Å². The maximum absolute atomic E-state index is 11.8. The van der Waals surface area contributed by atoms with Crippen molar-refractivity contribution in [2.45, 2.75) is 20.4 Å². The van der Waals surface area contributed by atoms with Gasteiger partial charge in [0.15, 0.2) is 17.2 Å². The Kier molecular flexibility index (Phi) is 3.51. The normalized spacial score (nSPS) is 12.5. The number of ether oxygens (including phenoxy) is 3. The molecule has 21 heavy (non-hydrogen) atoms. The van der Waals surface area contributed by atoms with E-state index in [9.17, 15) is 4.79 Å². The molecule has 3 rings (SSSR count). The predicted octanol–water partition coefficient (Wildman–Crippen LogP) is 2.48. The van der Waals surface area contributed by atoms with E-state index in [1.807, 2.05) is 25.1 Å². The summed E-state index contributed by atoms with van der Waals surface area (Å²) in [7, 11) is 0. The fraction of sp³-hybridized carbons (Fsp3) is 0.333. The molecule has 0 saturated carbocycles. The smallest absolute Gasteiger partial charge is 0.358 e. The number of rotatable bonds is 4. The number of nitrogens with zero attached hydrogens (tertiary/aromatic N) is 2. The van der Waals surface area contributed by atoms with Crippen LogP contribution in [0.1, 0.15) is 24.3 Å². The molecule has 0 unspecified atom stereocenters. The Hall–Kier alpha value is -2.50. The number of carbonyl (C=O) groups is 1. The molecule has 0 N–H and O–H groups in total. The molecular formula is C15H16N2O4. The number of hydrogen-bond acceptors (Lipinski definition) is 5. The molecule has 6 heteroatoms. The van der Waals surface area contributed by atoms with Gasteiger partial charge in [0.2, 0.25) is 6.79 Å². The minimum absolute atomic E-state index is 0.236. The molecule has 0 saturated heterocycles. The zero-order valence-electron chi connectivity index (χ0n) is 12.0. The molecule has 0 radical (unpaired) electrons. The van der Waals surface area contributed by atoms with E-state index in [0.29, 0.717) is 24.6 Å². The molecule has 0 bridgehead atoms. The molecule has 0 aliphatic carbocycles. The molecule has 6 nitrogen and oxygen atoms in total. The van der Waals surface area contributed by atoms with Crippen molar-refractivity contribution in [3.8, 4) is 22.8 Å². The fourth-order valence-electron chi connectivity index (χ4n) is 2.25. The molecule has 0 amide bonds. The van der Waals surface area contributed by atoms with Gasteiger partial charge in [-0.15, -0.1) is 0 Å². The average molecular weight is 288 g/mol. The van der Waals surface area contributed by atoms with Crippen LogP contribution in [0.4, 0.5) is 0 Å². The maximum Gasteiger partial charge on any atom is 0.358 e. The summed E-state index contributed by atoms with van der Waals surface area (Å²) in [6, 6.07) is 7.40. The Bertz CT molecular complexity index is 678. The second kappa shape index (κ2) is 5.47. The van der Waals surface area contributed by atoms with Crippen molar-refractivity contribution in [2.24, 2.45) is 0 Å². The number of benzene rings is 1. The van der Waals surface area contributed by atoms with Crippen molar-refractivity contribution in [1.82, 2.24) is 9.78 Å². The Morgan fingerprint density at radius 1 is 1.29 bits per heavy atom. The lowest BCUT2D eigenvalue weighted by atomic mass is 10.1. The van der Waals surface area contributed by atoms with E-state index < -0.39 is 5.97 Å². The minimum Gasteiger partial charge on any atom is -0.461 e. The van der Waals surface area contributed by atoms with Crippen molar-refractivity contribution < 1.29 is 19.0 Å². The van der Waals surface area contributed by atoms with Crippen LogP contribution in [-0.4, -0.2) is 29.1 Å². The van der Waals surface area contributed by atoms with Gasteiger partial charge >= 0.3 is 5.97 Å². The van der Waals surface area contributed by atoms with Crippen LogP contribution in [0.3, 0.4) is 0 Å². The zero-order valence-corrected chi connectivity index (χ0v) is 12.0. The van der Waals surface area contributed by atoms with Gasteiger partial charge < -0.3 is 14.2 Å². The van der Waals surface area contributed by atoms with E-state index in [0.717, 1.165) is 17.0 Å². The summed E-state index contributed by atoms with van der Waals surface area (Å²) in [5.74, 6) is 1.02. The molecule has 1 aliphatic heterocycles.